The summed E-state index contributed by atoms with van der Waals surface area (Å²) < 4.78 is 5.48. The summed E-state index contributed by atoms with van der Waals surface area (Å²) in [5.74, 6) is 0.183. The summed E-state index contributed by atoms with van der Waals surface area (Å²) in [6, 6.07) is 6.36. The Morgan fingerprint density at radius 1 is 1.14 bits per heavy atom. The maximum Gasteiger partial charge on any atom is 0.410 e. The molecule has 0 bridgehead atoms. The third kappa shape index (κ3) is 4.05. The molecule has 0 aromatic heterocycles. The Balaban J connectivity index is 1.47. The molecule has 1 saturated carbocycles. The van der Waals surface area contributed by atoms with Crippen LogP contribution in [0.2, 0.25) is 0 Å². The zero-order valence-corrected chi connectivity index (χ0v) is 17.8. The molecular weight excluding hydrogens is 364 g/mol. The molecule has 156 valence electrons. The highest BCUT2D eigenvalue weighted by molar-refractivity contribution is 6.06. The van der Waals surface area contributed by atoms with Gasteiger partial charge in [0, 0.05) is 18.8 Å². The summed E-state index contributed by atoms with van der Waals surface area (Å²) in [6.45, 7) is 7.07. The second-order valence-corrected chi connectivity index (χ2v) is 9.67. The van der Waals surface area contributed by atoms with Crippen LogP contribution >= 0.6 is 0 Å². The topological polar surface area (TPSA) is 58.6 Å². The third-order valence-corrected chi connectivity index (χ3v) is 6.38. The monoisotopic (exact) mass is 396 g/mol. The number of amides is 2. The van der Waals surface area contributed by atoms with Crippen LogP contribution in [-0.4, -0.2) is 35.6 Å². The van der Waals surface area contributed by atoms with Gasteiger partial charge in [-0.25, -0.2) is 4.79 Å². The van der Waals surface area contributed by atoms with Gasteiger partial charge in [0.2, 0.25) is 5.91 Å². The average molecular weight is 397 g/mol. The van der Waals surface area contributed by atoms with Crippen molar-refractivity contribution in [2.75, 3.05) is 18.4 Å². The molecule has 5 heteroatoms. The molecule has 1 saturated heterocycles. The van der Waals surface area contributed by atoms with E-state index in [1.807, 2.05) is 20.8 Å². The summed E-state index contributed by atoms with van der Waals surface area (Å²) in [5, 5.41) is 3.11. The lowest BCUT2D eigenvalue weighted by Crippen LogP contribution is -2.40. The molecule has 2 aliphatic heterocycles. The second-order valence-electron chi connectivity index (χ2n) is 9.67. The van der Waals surface area contributed by atoms with Crippen LogP contribution in [0, 0.1) is 0 Å². The number of anilines is 1. The molecular formula is C24H32N2O3. The quantitative estimate of drug-likeness (QED) is 0.705. The highest BCUT2D eigenvalue weighted by atomic mass is 16.6. The van der Waals surface area contributed by atoms with Crippen molar-refractivity contribution < 1.29 is 14.3 Å². The van der Waals surface area contributed by atoms with Crippen LogP contribution in [0.4, 0.5) is 10.5 Å². The van der Waals surface area contributed by atoms with Crippen molar-refractivity contribution in [1.82, 2.24) is 4.90 Å². The van der Waals surface area contributed by atoms with Gasteiger partial charge in [-0.3, -0.25) is 4.79 Å². The lowest BCUT2D eigenvalue weighted by Gasteiger charge is -2.32. The number of hydrogen-bond acceptors (Lipinski definition) is 3. The first-order valence-corrected chi connectivity index (χ1v) is 10.9. The molecule has 1 aromatic carbocycles. The highest BCUT2D eigenvalue weighted by Gasteiger charge is 2.47. The number of hydrogen-bond donors (Lipinski definition) is 1. The van der Waals surface area contributed by atoms with Crippen molar-refractivity contribution in [3.8, 4) is 0 Å². The van der Waals surface area contributed by atoms with E-state index in [0.29, 0.717) is 13.1 Å². The Kier molecular flexibility index (Phi) is 5.18. The Morgan fingerprint density at radius 3 is 2.48 bits per heavy atom. The fourth-order valence-electron chi connectivity index (χ4n) is 4.86. The summed E-state index contributed by atoms with van der Waals surface area (Å²) in [4.78, 5) is 26.8. The number of nitrogens with one attached hydrogen (secondary N) is 1. The second kappa shape index (κ2) is 7.51. The first-order chi connectivity index (χ1) is 13.8. The third-order valence-electron chi connectivity index (χ3n) is 6.38. The molecule has 5 nitrogen and oxygen atoms in total. The van der Waals surface area contributed by atoms with Gasteiger partial charge in [0.05, 0.1) is 5.41 Å². The van der Waals surface area contributed by atoms with Gasteiger partial charge < -0.3 is 15.0 Å². The van der Waals surface area contributed by atoms with Crippen molar-refractivity contribution in [3.63, 3.8) is 0 Å². The van der Waals surface area contributed by atoms with E-state index in [0.717, 1.165) is 49.8 Å². The van der Waals surface area contributed by atoms with Crippen LogP contribution < -0.4 is 5.32 Å². The molecule has 1 spiro atoms. The van der Waals surface area contributed by atoms with Crippen molar-refractivity contribution in [2.45, 2.75) is 76.7 Å². The summed E-state index contributed by atoms with van der Waals surface area (Å²) >= 11 is 0. The molecule has 0 radical (unpaired) electrons. The van der Waals surface area contributed by atoms with Gasteiger partial charge in [0.1, 0.15) is 5.60 Å². The predicted octanol–water partition coefficient (Wildman–Crippen LogP) is 5.25. The van der Waals surface area contributed by atoms with Gasteiger partial charge in [0.15, 0.2) is 0 Å². The Bertz CT molecular complexity index is 834. The maximum absolute atomic E-state index is 12.7. The van der Waals surface area contributed by atoms with E-state index in [4.69, 9.17) is 4.74 Å². The van der Waals surface area contributed by atoms with Gasteiger partial charge in [0.25, 0.3) is 0 Å². The first kappa shape index (κ1) is 20.0. The number of rotatable bonds is 1. The molecule has 0 atom stereocenters. The average Bonchev–Trinajstić information content (AvgIpc) is 2.93. The van der Waals surface area contributed by atoms with Gasteiger partial charge in [-0.1, -0.05) is 37.0 Å². The number of benzene rings is 1. The number of carbonyl (C=O) groups excluding carboxylic acids is 2. The lowest BCUT2D eigenvalue weighted by molar-refractivity contribution is -0.121. The largest absolute Gasteiger partial charge is 0.444 e. The fourth-order valence-corrected chi connectivity index (χ4v) is 4.86. The minimum absolute atomic E-state index is 0.183. The van der Waals surface area contributed by atoms with Crippen LogP contribution in [0.3, 0.4) is 0 Å². The van der Waals surface area contributed by atoms with Crippen molar-refractivity contribution in [2.24, 2.45) is 0 Å². The smallest absolute Gasteiger partial charge is 0.410 e. The Morgan fingerprint density at radius 2 is 1.83 bits per heavy atom. The number of carbonyl (C=O) groups is 2. The van der Waals surface area contributed by atoms with E-state index in [-0.39, 0.29) is 17.4 Å². The zero-order valence-electron chi connectivity index (χ0n) is 17.8. The number of nitrogens with zero attached hydrogens (tertiary/aromatic N) is 1. The van der Waals surface area contributed by atoms with Crippen molar-refractivity contribution in [1.29, 1.82) is 0 Å². The number of fused-ring (bicyclic) bond motifs is 2. The molecule has 2 heterocycles. The predicted molar refractivity (Wildman–Crippen MR) is 115 cm³/mol. The SMILES string of the molecule is CC(C)(C)OC(=O)N1CCC(=Cc2ccc3c(c2)C2(CCCCC2)C(=O)N3)CC1. The molecule has 1 N–H and O–H groups in total. The highest BCUT2D eigenvalue weighted by Crippen LogP contribution is 2.47. The number of ether oxygens (including phenoxy) is 1. The van der Waals surface area contributed by atoms with Crippen LogP contribution in [0.5, 0.6) is 0 Å². The molecule has 0 unspecified atom stereocenters. The normalized spacial score (nSPS) is 21.0. The standard InChI is InChI=1S/C24H32N2O3/c1-23(2,3)29-22(28)26-13-9-17(10-14-26)15-18-7-8-20-19(16-18)24(21(27)25-20)11-5-4-6-12-24/h7-8,15-16H,4-6,9-14H2,1-3H3,(H,25,27). The Hall–Kier alpha value is -2.30. The Labute approximate surface area is 173 Å². The molecule has 1 aromatic rings. The number of likely N-dealkylation sites (tertiary alicyclic amines) is 1. The van der Waals surface area contributed by atoms with Gasteiger partial charge in [-0.15, -0.1) is 0 Å². The van der Waals surface area contributed by atoms with E-state index >= 15 is 0 Å². The fraction of sp³-hybridized carbons (Fsp3) is 0.583. The van der Waals surface area contributed by atoms with E-state index in [9.17, 15) is 9.59 Å². The molecule has 4 rings (SSSR count). The maximum atomic E-state index is 12.7. The van der Waals surface area contributed by atoms with Crippen LogP contribution in [0.25, 0.3) is 6.08 Å². The van der Waals surface area contributed by atoms with E-state index in [1.54, 1.807) is 4.90 Å². The van der Waals surface area contributed by atoms with E-state index < -0.39 is 5.60 Å². The summed E-state index contributed by atoms with van der Waals surface area (Å²) in [5.41, 5.74) is 3.90. The summed E-state index contributed by atoms with van der Waals surface area (Å²) in [6.07, 6.45) is 9.12. The van der Waals surface area contributed by atoms with Gasteiger partial charge in [-0.2, -0.15) is 0 Å². The van der Waals surface area contributed by atoms with Crippen molar-refractivity contribution >= 4 is 23.8 Å². The van der Waals surface area contributed by atoms with Gasteiger partial charge >= 0.3 is 6.09 Å². The zero-order chi connectivity index (χ0) is 20.6. The van der Waals surface area contributed by atoms with Crippen LogP contribution in [-0.2, 0) is 14.9 Å². The lowest BCUT2D eigenvalue weighted by atomic mass is 9.70. The molecule has 3 aliphatic rings. The van der Waals surface area contributed by atoms with E-state index in [1.165, 1.54) is 17.6 Å². The van der Waals surface area contributed by atoms with E-state index in [2.05, 4.69) is 29.6 Å². The van der Waals surface area contributed by atoms with Crippen molar-refractivity contribution in [3.05, 3.63) is 34.9 Å². The first-order valence-electron chi connectivity index (χ1n) is 10.9. The summed E-state index contributed by atoms with van der Waals surface area (Å²) in [7, 11) is 0. The molecule has 29 heavy (non-hydrogen) atoms. The van der Waals surface area contributed by atoms with Crippen LogP contribution in [0.15, 0.2) is 23.8 Å². The molecule has 1 aliphatic carbocycles. The van der Waals surface area contributed by atoms with Gasteiger partial charge in [-0.05, 0) is 69.7 Å². The minimum atomic E-state index is -0.460. The minimum Gasteiger partial charge on any atom is -0.444 e. The molecule has 2 amide bonds. The molecule has 2 fully saturated rings. The van der Waals surface area contributed by atoms with Crippen LogP contribution in [0.1, 0.15) is 76.8 Å². The number of piperidine rings is 1.